The summed E-state index contributed by atoms with van der Waals surface area (Å²) in [6.45, 7) is 1.28. The largest absolute Gasteiger partial charge is 0.454 e. The van der Waals surface area contributed by atoms with Crippen molar-refractivity contribution in [3.8, 4) is 11.5 Å². The molecule has 1 aliphatic heterocycles. The molecule has 21 heavy (non-hydrogen) atoms. The second-order valence-electron chi connectivity index (χ2n) is 4.85. The Kier molecular flexibility index (Phi) is 4.29. The minimum Gasteiger partial charge on any atom is -0.454 e. The predicted molar refractivity (Wildman–Crippen MR) is 80.7 cm³/mol. The molecule has 0 spiro atoms. The first-order chi connectivity index (χ1) is 10.2. The van der Waals surface area contributed by atoms with Crippen molar-refractivity contribution in [2.75, 3.05) is 13.3 Å². The molecule has 3 rings (SSSR count). The Hall–Kier alpha value is -1.75. The van der Waals surface area contributed by atoms with Crippen molar-refractivity contribution < 1.29 is 14.6 Å². The first-order valence-electron chi connectivity index (χ1n) is 6.76. The highest BCUT2D eigenvalue weighted by Crippen LogP contribution is 2.34. The van der Waals surface area contributed by atoms with E-state index in [1.54, 1.807) is 0 Å². The summed E-state index contributed by atoms with van der Waals surface area (Å²) in [5.41, 5.74) is 1.81. The van der Waals surface area contributed by atoms with E-state index < -0.39 is 6.10 Å². The van der Waals surface area contributed by atoms with Gasteiger partial charge in [-0.2, -0.15) is 0 Å². The molecule has 110 valence electrons. The van der Waals surface area contributed by atoms with Gasteiger partial charge in [0.1, 0.15) is 0 Å². The van der Waals surface area contributed by atoms with Crippen LogP contribution in [0.25, 0.3) is 0 Å². The van der Waals surface area contributed by atoms with Crippen LogP contribution in [0.5, 0.6) is 11.5 Å². The lowest BCUT2D eigenvalue weighted by molar-refractivity contribution is 0.170. The minimum absolute atomic E-state index is 0.236. The lowest BCUT2D eigenvalue weighted by Gasteiger charge is -2.13. The number of nitrogens with one attached hydrogen (secondary N) is 1. The number of benzene rings is 2. The van der Waals surface area contributed by atoms with E-state index in [0.717, 1.165) is 21.9 Å². The Labute approximate surface area is 128 Å². The zero-order valence-corrected chi connectivity index (χ0v) is 12.1. The Bertz CT molecular complexity index is 633. The van der Waals surface area contributed by atoms with Crippen molar-refractivity contribution in [3.05, 3.63) is 58.6 Å². The molecule has 4 nitrogen and oxygen atoms in total. The van der Waals surface area contributed by atoms with Crippen LogP contribution in [0.2, 0.25) is 5.02 Å². The molecule has 1 atom stereocenters. The number of hydrogen-bond donors (Lipinski definition) is 2. The van der Waals surface area contributed by atoms with E-state index in [4.69, 9.17) is 21.1 Å². The van der Waals surface area contributed by atoms with Gasteiger partial charge in [0.25, 0.3) is 0 Å². The van der Waals surface area contributed by atoms with Crippen molar-refractivity contribution in [1.82, 2.24) is 5.32 Å². The normalized spacial score (nSPS) is 14.2. The van der Waals surface area contributed by atoms with Gasteiger partial charge >= 0.3 is 0 Å². The van der Waals surface area contributed by atoms with E-state index >= 15 is 0 Å². The van der Waals surface area contributed by atoms with E-state index in [9.17, 15) is 5.11 Å². The van der Waals surface area contributed by atoms with Gasteiger partial charge in [0.2, 0.25) is 6.79 Å². The van der Waals surface area contributed by atoms with Crippen LogP contribution in [-0.2, 0) is 6.54 Å². The Morgan fingerprint density at radius 2 is 1.95 bits per heavy atom. The third-order valence-electron chi connectivity index (χ3n) is 3.39. The van der Waals surface area contributed by atoms with Crippen LogP contribution < -0.4 is 14.8 Å². The van der Waals surface area contributed by atoms with Crippen LogP contribution in [-0.4, -0.2) is 18.4 Å². The number of fused-ring (bicyclic) bond motifs is 1. The lowest BCUT2D eigenvalue weighted by Crippen LogP contribution is -2.21. The molecular formula is C16H16ClNO3. The van der Waals surface area contributed by atoms with Gasteiger partial charge in [-0.25, -0.2) is 0 Å². The van der Waals surface area contributed by atoms with Gasteiger partial charge in [-0.3, -0.25) is 0 Å². The van der Waals surface area contributed by atoms with Gasteiger partial charge < -0.3 is 19.9 Å². The van der Waals surface area contributed by atoms with Gasteiger partial charge in [0.15, 0.2) is 11.5 Å². The first kappa shape index (κ1) is 14.2. The molecule has 2 aromatic rings. The fourth-order valence-electron chi connectivity index (χ4n) is 2.22. The monoisotopic (exact) mass is 305 g/mol. The summed E-state index contributed by atoms with van der Waals surface area (Å²) in [7, 11) is 0. The highest BCUT2D eigenvalue weighted by atomic mass is 35.5. The highest BCUT2D eigenvalue weighted by molar-refractivity contribution is 6.31. The van der Waals surface area contributed by atoms with Gasteiger partial charge in [0, 0.05) is 18.1 Å². The summed E-state index contributed by atoms with van der Waals surface area (Å²) in [6, 6.07) is 13.1. The van der Waals surface area contributed by atoms with E-state index in [2.05, 4.69) is 5.32 Å². The molecule has 0 aromatic heterocycles. The quantitative estimate of drug-likeness (QED) is 0.892. The van der Waals surface area contributed by atoms with Crippen molar-refractivity contribution in [2.45, 2.75) is 12.6 Å². The molecular weight excluding hydrogens is 290 g/mol. The average molecular weight is 306 g/mol. The van der Waals surface area contributed by atoms with Crippen molar-refractivity contribution in [1.29, 1.82) is 0 Å². The molecule has 0 radical (unpaired) electrons. The number of rotatable bonds is 5. The van der Waals surface area contributed by atoms with Crippen LogP contribution in [0.3, 0.4) is 0 Å². The molecule has 0 aliphatic carbocycles. The van der Waals surface area contributed by atoms with Crippen molar-refractivity contribution in [3.63, 3.8) is 0 Å². The number of aliphatic hydroxyl groups is 1. The highest BCUT2D eigenvalue weighted by Gasteiger charge is 2.16. The molecule has 5 heteroatoms. The zero-order chi connectivity index (χ0) is 14.7. The number of hydrogen-bond acceptors (Lipinski definition) is 4. The Balaban J connectivity index is 1.57. The first-order valence-corrected chi connectivity index (χ1v) is 7.13. The molecule has 0 amide bonds. The molecule has 2 aromatic carbocycles. The average Bonchev–Trinajstić information content (AvgIpc) is 2.96. The SMILES string of the molecule is OC(CNCc1ccccc1Cl)c1ccc2c(c1)OCO2. The van der Waals surface area contributed by atoms with Gasteiger partial charge in [0.05, 0.1) is 6.10 Å². The summed E-state index contributed by atoms with van der Waals surface area (Å²) >= 11 is 6.09. The maximum absolute atomic E-state index is 10.2. The van der Waals surface area contributed by atoms with Crippen molar-refractivity contribution in [2.24, 2.45) is 0 Å². The molecule has 0 saturated carbocycles. The third kappa shape index (κ3) is 3.29. The van der Waals surface area contributed by atoms with Crippen LogP contribution in [0.1, 0.15) is 17.2 Å². The maximum Gasteiger partial charge on any atom is 0.231 e. The summed E-state index contributed by atoms with van der Waals surface area (Å²) in [5.74, 6) is 1.40. The van der Waals surface area contributed by atoms with E-state index in [1.165, 1.54) is 0 Å². The third-order valence-corrected chi connectivity index (χ3v) is 3.76. The van der Waals surface area contributed by atoms with Gasteiger partial charge in [-0.05, 0) is 29.3 Å². The summed E-state index contributed by atoms with van der Waals surface area (Å²) in [4.78, 5) is 0. The molecule has 0 saturated heterocycles. The molecule has 0 fully saturated rings. The van der Waals surface area contributed by atoms with Crippen molar-refractivity contribution >= 4 is 11.6 Å². The van der Waals surface area contributed by atoms with Crippen LogP contribution >= 0.6 is 11.6 Å². The van der Waals surface area contributed by atoms with Crippen LogP contribution in [0.15, 0.2) is 42.5 Å². The zero-order valence-electron chi connectivity index (χ0n) is 11.4. The molecule has 2 N–H and O–H groups in total. The Morgan fingerprint density at radius 1 is 1.14 bits per heavy atom. The molecule has 1 unspecified atom stereocenters. The fourth-order valence-corrected chi connectivity index (χ4v) is 2.43. The minimum atomic E-state index is -0.609. The standard InChI is InChI=1S/C16H16ClNO3/c17-13-4-2-1-3-12(13)8-18-9-14(19)11-5-6-15-16(7-11)21-10-20-15/h1-7,14,18-19H,8-10H2. The van der Waals surface area contributed by atoms with E-state index in [-0.39, 0.29) is 6.79 Å². The topological polar surface area (TPSA) is 50.7 Å². The summed E-state index contributed by atoms with van der Waals surface area (Å²) in [6.07, 6.45) is -0.609. The van der Waals surface area contributed by atoms with Gasteiger partial charge in [-0.15, -0.1) is 0 Å². The fraction of sp³-hybridized carbons (Fsp3) is 0.250. The summed E-state index contributed by atoms with van der Waals surface area (Å²) in [5, 5.41) is 14.1. The predicted octanol–water partition coefficient (Wildman–Crippen LogP) is 2.89. The van der Waals surface area contributed by atoms with Crippen LogP contribution in [0, 0.1) is 0 Å². The number of aliphatic hydroxyl groups excluding tert-OH is 1. The Morgan fingerprint density at radius 3 is 2.81 bits per heavy atom. The summed E-state index contributed by atoms with van der Waals surface area (Å²) < 4.78 is 10.6. The smallest absolute Gasteiger partial charge is 0.231 e. The number of ether oxygens (including phenoxy) is 2. The lowest BCUT2D eigenvalue weighted by atomic mass is 10.1. The number of halogens is 1. The second kappa shape index (κ2) is 6.35. The second-order valence-corrected chi connectivity index (χ2v) is 5.26. The van der Waals surface area contributed by atoms with E-state index in [1.807, 2.05) is 42.5 Å². The molecule has 0 bridgehead atoms. The molecule has 1 heterocycles. The molecule has 1 aliphatic rings. The van der Waals surface area contributed by atoms with Crippen LogP contribution in [0.4, 0.5) is 0 Å². The maximum atomic E-state index is 10.2. The van der Waals surface area contributed by atoms with E-state index in [0.29, 0.717) is 18.8 Å². The van der Waals surface area contributed by atoms with Gasteiger partial charge in [-0.1, -0.05) is 35.9 Å².